The maximum absolute atomic E-state index is 13.5. The van der Waals surface area contributed by atoms with Gasteiger partial charge in [0, 0.05) is 19.6 Å². The summed E-state index contributed by atoms with van der Waals surface area (Å²) >= 11 is 0. The van der Waals surface area contributed by atoms with Gasteiger partial charge in [0.15, 0.2) is 0 Å². The third-order valence-electron chi connectivity index (χ3n) is 6.81. The van der Waals surface area contributed by atoms with Crippen LogP contribution in [-0.2, 0) is 19.1 Å². The standard InChI is InChI=1S/C26H32N4O5/c1-4-12-30-20-15-29(16-21(31)28-13-10-19(11-14-28)25(33)35-5-2)24(32)22(20)23(27-26(30)34)18-8-6-17(3)7-9-18/h4,6-9,19,23H,1,5,10-16H2,2-3H3,(H,27,34)/t23-/m1/s1. The van der Waals surface area contributed by atoms with E-state index in [-0.39, 0.29) is 49.4 Å². The van der Waals surface area contributed by atoms with Gasteiger partial charge in [-0.15, -0.1) is 6.58 Å². The van der Waals surface area contributed by atoms with Gasteiger partial charge in [-0.2, -0.15) is 0 Å². The molecule has 1 aromatic carbocycles. The number of likely N-dealkylation sites (tertiary alicyclic amines) is 1. The fourth-order valence-corrected chi connectivity index (χ4v) is 4.90. The average molecular weight is 481 g/mol. The van der Waals surface area contributed by atoms with Crippen LogP contribution in [0.2, 0.25) is 0 Å². The molecule has 0 unspecified atom stereocenters. The molecule has 1 aromatic rings. The molecule has 0 aliphatic carbocycles. The smallest absolute Gasteiger partial charge is 0.322 e. The van der Waals surface area contributed by atoms with Crippen LogP contribution < -0.4 is 5.32 Å². The summed E-state index contributed by atoms with van der Waals surface area (Å²) in [6.07, 6.45) is 2.71. The minimum absolute atomic E-state index is 0.0767. The largest absolute Gasteiger partial charge is 0.466 e. The van der Waals surface area contributed by atoms with E-state index in [9.17, 15) is 19.2 Å². The second-order valence-corrected chi connectivity index (χ2v) is 9.12. The lowest BCUT2D eigenvalue weighted by Crippen LogP contribution is -2.47. The van der Waals surface area contributed by atoms with Crippen LogP contribution in [0.5, 0.6) is 0 Å². The van der Waals surface area contributed by atoms with E-state index >= 15 is 0 Å². The minimum Gasteiger partial charge on any atom is -0.466 e. The second-order valence-electron chi connectivity index (χ2n) is 9.12. The fraction of sp³-hybridized carbons (Fsp3) is 0.462. The van der Waals surface area contributed by atoms with E-state index in [2.05, 4.69) is 11.9 Å². The Morgan fingerprint density at radius 2 is 1.86 bits per heavy atom. The molecule has 3 aliphatic heterocycles. The number of hydrogen-bond donors (Lipinski definition) is 1. The Labute approximate surface area is 205 Å². The number of esters is 1. The number of hydrogen-bond acceptors (Lipinski definition) is 5. The van der Waals surface area contributed by atoms with Crippen molar-refractivity contribution < 1.29 is 23.9 Å². The van der Waals surface area contributed by atoms with Crippen LogP contribution in [0.15, 0.2) is 48.2 Å². The normalized spacial score (nSPS) is 20.6. The van der Waals surface area contributed by atoms with Crippen LogP contribution in [-0.4, -0.2) is 77.8 Å². The molecule has 0 spiro atoms. The van der Waals surface area contributed by atoms with Crippen molar-refractivity contribution in [3.63, 3.8) is 0 Å². The van der Waals surface area contributed by atoms with Gasteiger partial charge in [-0.1, -0.05) is 35.9 Å². The summed E-state index contributed by atoms with van der Waals surface area (Å²) in [4.78, 5) is 56.1. The molecule has 0 bridgehead atoms. The Kier molecular flexibility index (Phi) is 7.23. The van der Waals surface area contributed by atoms with Crippen molar-refractivity contribution in [1.29, 1.82) is 0 Å². The number of urea groups is 1. The summed E-state index contributed by atoms with van der Waals surface area (Å²) in [6, 6.07) is 6.83. The third kappa shape index (κ3) is 4.94. The minimum atomic E-state index is -0.577. The molecule has 4 amide bonds. The Morgan fingerprint density at radius 1 is 1.17 bits per heavy atom. The molecule has 9 heteroatoms. The lowest BCUT2D eigenvalue weighted by molar-refractivity contribution is -0.151. The fourth-order valence-electron chi connectivity index (χ4n) is 4.90. The third-order valence-corrected chi connectivity index (χ3v) is 6.81. The second kappa shape index (κ2) is 10.3. The van der Waals surface area contributed by atoms with Crippen LogP contribution in [0.25, 0.3) is 0 Å². The van der Waals surface area contributed by atoms with Gasteiger partial charge >= 0.3 is 12.0 Å². The predicted octanol–water partition coefficient (Wildman–Crippen LogP) is 2.15. The van der Waals surface area contributed by atoms with Crippen molar-refractivity contribution >= 4 is 23.8 Å². The molecule has 1 N–H and O–H groups in total. The summed E-state index contributed by atoms with van der Waals surface area (Å²) in [6.45, 7) is 9.10. The molecule has 4 rings (SSSR count). The van der Waals surface area contributed by atoms with Gasteiger partial charge in [0.2, 0.25) is 5.91 Å². The first-order valence-corrected chi connectivity index (χ1v) is 12.1. The van der Waals surface area contributed by atoms with E-state index < -0.39 is 6.04 Å². The van der Waals surface area contributed by atoms with E-state index in [4.69, 9.17) is 4.74 Å². The maximum atomic E-state index is 13.5. The zero-order chi connectivity index (χ0) is 25.1. The summed E-state index contributed by atoms with van der Waals surface area (Å²) < 4.78 is 5.10. The number of carbonyl (C=O) groups excluding carboxylic acids is 4. The highest BCUT2D eigenvalue weighted by Crippen LogP contribution is 2.36. The quantitative estimate of drug-likeness (QED) is 0.476. The topological polar surface area (TPSA) is 99.3 Å². The van der Waals surface area contributed by atoms with E-state index in [0.717, 1.165) is 11.1 Å². The number of piperidine rings is 1. The number of carbonyl (C=O) groups is 4. The number of rotatable bonds is 7. The van der Waals surface area contributed by atoms with Gasteiger partial charge in [-0.05, 0) is 32.3 Å². The molecule has 9 nitrogen and oxygen atoms in total. The molecule has 1 fully saturated rings. The lowest BCUT2D eigenvalue weighted by atomic mass is 9.95. The molecule has 1 saturated heterocycles. The molecule has 0 aromatic heterocycles. The Bertz CT molecular complexity index is 1060. The van der Waals surface area contributed by atoms with E-state index in [1.165, 1.54) is 9.80 Å². The first kappa shape index (κ1) is 24.5. The number of ether oxygens (including phenoxy) is 1. The van der Waals surface area contributed by atoms with Gasteiger partial charge in [-0.25, -0.2) is 4.79 Å². The first-order chi connectivity index (χ1) is 16.8. The van der Waals surface area contributed by atoms with Crippen LogP contribution in [0.4, 0.5) is 4.79 Å². The van der Waals surface area contributed by atoms with Crippen molar-refractivity contribution in [3.05, 3.63) is 59.3 Å². The Hall–Kier alpha value is -3.62. The number of amides is 4. The van der Waals surface area contributed by atoms with Crippen LogP contribution in [0.1, 0.15) is 36.9 Å². The van der Waals surface area contributed by atoms with Gasteiger partial charge in [0.1, 0.15) is 6.54 Å². The van der Waals surface area contributed by atoms with E-state index in [0.29, 0.717) is 43.8 Å². The highest BCUT2D eigenvalue weighted by atomic mass is 16.5. The number of nitrogens with zero attached hydrogens (tertiary/aromatic N) is 3. The van der Waals surface area contributed by atoms with E-state index in [1.807, 2.05) is 31.2 Å². The zero-order valence-electron chi connectivity index (χ0n) is 20.3. The van der Waals surface area contributed by atoms with Crippen LogP contribution in [0, 0.1) is 12.8 Å². The molecule has 0 saturated carbocycles. The van der Waals surface area contributed by atoms with E-state index in [1.54, 1.807) is 17.9 Å². The van der Waals surface area contributed by atoms with Crippen molar-refractivity contribution in [2.24, 2.45) is 5.92 Å². The molecule has 35 heavy (non-hydrogen) atoms. The number of aryl methyl sites for hydroxylation is 1. The molecule has 1 atom stereocenters. The van der Waals surface area contributed by atoms with Crippen LogP contribution >= 0.6 is 0 Å². The molecule has 186 valence electrons. The van der Waals surface area contributed by atoms with Gasteiger partial charge in [0.25, 0.3) is 5.91 Å². The van der Waals surface area contributed by atoms with Crippen LogP contribution in [0.3, 0.4) is 0 Å². The molecule has 3 heterocycles. The summed E-state index contributed by atoms with van der Waals surface area (Å²) in [5.41, 5.74) is 2.99. The highest BCUT2D eigenvalue weighted by Gasteiger charge is 2.44. The molecular weight excluding hydrogens is 448 g/mol. The number of benzene rings is 1. The zero-order valence-corrected chi connectivity index (χ0v) is 20.3. The van der Waals surface area contributed by atoms with Crippen molar-refractivity contribution in [2.75, 3.05) is 39.3 Å². The number of nitrogens with one attached hydrogen (secondary N) is 1. The van der Waals surface area contributed by atoms with Gasteiger partial charge < -0.3 is 19.9 Å². The maximum Gasteiger partial charge on any atom is 0.322 e. The molecule has 3 aliphatic rings. The summed E-state index contributed by atoms with van der Waals surface area (Å²) in [5, 5.41) is 2.95. The van der Waals surface area contributed by atoms with Crippen molar-refractivity contribution in [2.45, 2.75) is 32.7 Å². The SMILES string of the molecule is C=CCN1C(=O)N[C@H](c2ccc(C)cc2)C2=C1CN(CC(=O)N1CCC(C(=O)OCC)CC1)C2=O. The Balaban J connectivity index is 1.48. The lowest BCUT2D eigenvalue weighted by Gasteiger charge is -2.33. The molecule has 0 radical (unpaired) electrons. The summed E-state index contributed by atoms with van der Waals surface area (Å²) in [7, 11) is 0. The van der Waals surface area contributed by atoms with Gasteiger partial charge in [-0.3, -0.25) is 19.3 Å². The average Bonchev–Trinajstić information content (AvgIpc) is 3.17. The first-order valence-electron chi connectivity index (χ1n) is 12.1. The summed E-state index contributed by atoms with van der Waals surface area (Å²) in [5.74, 6) is -0.828. The van der Waals surface area contributed by atoms with Crippen molar-refractivity contribution in [3.8, 4) is 0 Å². The highest BCUT2D eigenvalue weighted by molar-refractivity contribution is 6.03. The predicted molar refractivity (Wildman–Crippen MR) is 129 cm³/mol. The van der Waals surface area contributed by atoms with Gasteiger partial charge in [0.05, 0.1) is 36.4 Å². The van der Waals surface area contributed by atoms with Crippen molar-refractivity contribution in [1.82, 2.24) is 20.0 Å². The Morgan fingerprint density at radius 3 is 2.49 bits per heavy atom. The molecular formula is C26H32N4O5. The monoisotopic (exact) mass is 480 g/mol.